The Kier molecular flexibility index (Phi) is 4.63. The summed E-state index contributed by atoms with van der Waals surface area (Å²) in [7, 11) is 1.64. The molecule has 3 nitrogen and oxygen atoms in total. The number of hydrogen-bond donors (Lipinski definition) is 1. The molecule has 0 aliphatic rings. The highest BCUT2D eigenvalue weighted by Crippen LogP contribution is 2.32. The normalized spacial score (nSPS) is 12.0. The molecule has 0 aliphatic heterocycles. The third-order valence-corrected chi connectivity index (χ3v) is 4.07. The summed E-state index contributed by atoms with van der Waals surface area (Å²) in [5.41, 5.74) is 0.896. The second-order valence-electron chi connectivity index (χ2n) is 6.00. The van der Waals surface area contributed by atoms with E-state index in [0.29, 0.717) is 5.56 Å². The van der Waals surface area contributed by atoms with E-state index in [1.54, 1.807) is 24.2 Å². The van der Waals surface area contributed by atoms with Gasteiger partial charge in [0.05, 0.1) is 12.1 Å². The first-order valence-corrected chi connectivity index (χ1v) is 7.79. The number of alkyl halides is 3. The molecule has 0 unspecified atom stereocenters. The van der Waals surface area contributed by atoms with Crippen molar-refractivity contribution >= 4 is 16.7 Å². The van der Waals surface area contributed by atoms with Crippen LogP contribution in [0, 0.1) is 0 Å². The van der Waals surface area contributed by atoms with E-state index in [4.69, 9.17) is 0 Å². The molecule has 0 atom stereocenters. The van der Waals surface area contributed by atoms with E-state index in [2.05, 4.69) is 4.98 Å². The summed E-state index contributed by atoms with van der Waals surface area (Å²) in [6.45, 7) is 0.0812. The van der Waals surface area contributed by atoms with Crippen molar-refractivity contribution in [2.45, 2.75) is 12.7 Å². The van der Waals surface area contributed by atoms with Crippen molar-refractivity contribution in [1.82, 2.24) is 9.88 Å². The lowest BCUT2D eigenvalue weighted by molar-refractivity contribution is -0.138. The standard InChI is InChI=1S/C19H17F3N2O/c1-24(11-13-6-2-4-8-16(13)19(20,21)22)12-18(25)15-10-23-17-9-5-3-7-14(15)17/h2-10,23H,11-12H2,1H3. The fourth-order valence-corrected chi connectivity index (χ4v) is 2.91. The molecule has 1 aromatic heterocycles. The molecule has 0 bridgehead atoms. The number of nitrogens with zero attached hydrogens (tertiary/aromatic N) is 1. The summed E-state index contributed by atoms with van der Waals surface area (Å²) in [5, 5.41) is 0.816. The van der Waals surface area contributed by atoms with Crippen LogP contribution in [0.3, 0.4) is 0 Å². The van der Waals surface area contributed by atoms with Crippen molar-refractivity contribution in [1.29, 1.82) is 0 Å². The highest BCUT2D eigenvalue weighted by molar-refractivity contribution is 6.08. The van der Waals surface area contributed by atoms with Crippen LogP contribution in [0.25, 0.3) is 10.9 Å². The number of aromatic amines is 1. The minimum Gasteiger partial charge on any atom is -0.360 e. The monoisotopic (exact) mass is 346 g/mol. The van der Waals surface area contributed by atoms with Crippen molar-refractivity contribution in [3.63, 3.8) is 0 Å². The minimum atomic E-state index is -4.40. The Morgan fingerprint density at radius 2 is 1.76 bits per heavy atom. The zero-order chi connectivity index (χ0) is 18.0. The number of halogens is 3. The van der Waals surface area contributed by atoms with E-state index in [1.165, 1.54) is 12.1 Å². The van der Waals surface area contributed by atoms with Gasteiger partial charge in [-0.3, -0.25) is 9.69 Å². The van der Waals surface area contributed by atoms with Gasteiger partial charge in [0.25, 0.3) is 0 Å². The molecular formula is C19H17F3N2O. The third-order valence-electron chi connectivity index (χ3n) is 4.07. The van der Waals surface area contributed by atoms with Gasteiger partial charge in [-0.05, 0) is 24.7 Å². The van der Waals surface area contributed by atoms with E-state index in [9.17, 15) is 18.0 Å². The fourth-order valence-electron chi connectivity index (χ4n) is 2.91. The van der Waals surface area contributed by atoms with Gasteiger partial charge >= 0.3 is 6.18 Å². The van der Waals surface area contributed by atoms with Gasteiger partial charge in [-0.1, -0.05) is 36.4 Å². The maximum Gasteiger partial charge on any atom is 0.416 e. The van der Waals surface area contributed by atoms with E-state index >= 15 is 0 Å². The molecule has 0 fully saturated rings. The Bertz CT molecular complexity index is 899. The average molecular weight is 346 g/mol. The molecule has 0 radical (unpaired) electrons. The number of carbonyl (C=O) groups excluding carboxylic acids is 1. The molecule has 1 N–H and O–H groups in total. The number of Topliss-reactive ketones (excluding diaryl/α,β-unsaturated/α-hetero) is 1. The molecular weight excluding hydrogens is 329 g/mol. The summed E-state index contributed by atoms with van der Waals surface area (Å²) < 4.78 is 39.2. The van der Waals surface area contributed by atoms with Crippen molar-refractivity contribution in [2.75, 3.05) is 13.6 Å². The highest BCUT2D eigenvalue weighted by atomic mass is 19.4. The number of benzene rings is 2. The maximum absolute atomic E-state index is 13.1. The van der Waals surface area contributed by atoms with Gasteiger partial charge in [0.1, 0.15) is 0 Å². The van der Waals surface area contributed by atoms with E-state index < -0.39 is 11.7 Å². The average Bonchev–Trinajstić information content (AvgIpc) is 2.98. The number of ketones is 1. The number of carbonyl (C=O) groups is 1. The van der Waals surface area contributed by atoms with Gasteiger partial charge in [-0.2, -0.15) is 13.2 Å². The molecule has 0 aliphatic carbocycles. The molecule has 130 valence electrons. The topological polar surface area (TPSA) is 36.1 Å². The van der Waals surface area contributed by atoms with E-state index in [-0.39, 0.29) is 24.4 Å². The lowest BCUT2D eigenvalue weighted by atomic mass is 10.1. The first-order chi connectivity index (χ1) is 11.9. The van der Waals surface area contributed by atoms with Crippen molar-refractivity contribution in [3.05, 3.63) is 71.4 Å². The second kappa shape index (κ2) is 6.72. The molecule has 3 rings (SSSR count). The van der Waals surface area contributed by atoms with Crippen LogP contribution in [-0.4, -0.2) is 29.3 Å². The van der Waals surface area contributed by atoms with Crippen LogP contribution in [-0.2, 0) is 12.7 Å². The lowest BCUT2D eigenvalue weighted by Crippen LogP contribution is -2.26. The number of aromatic nitrogens is 1. The fraction of sp³-hybridized carbons (Fsp3) is 0.211. The summed E-state index contributed by atoms with van der Waals surface area (Å²) in [6.07, 6.45) is -2.76. The molecule has 6 heteroatoms. The predicted molar refractivity (Wildman–Crippen MR) is 90.4 cm³/mol. The Balaban J connectivity index is 1.75. The molecule has 0 spiro atoms. The summed E-state index contributed by atoms with van der Waals surface area (Å²) in [4.78, 5) is 17.1. The van der Waals surface area contributed by atoms with Gasteiger partial charge in [0, 0.05) is 29.2 Å². The SMILES string of the molecule is CN(CC(=O)c1c[nH]c2ccccc12)Cc1ccccc1C(F)(F)F. The number of hydrogen-bond acceptors (Lipinski definition) is 2. The number of rotatable bonds is 5. The lowest BCUT2D eigenvalue weighted by Gasteiger charge is -2.19. The van der Waals surface area contributed by atoms with Gasteiger partial charge in [-0.15, -0.1) is 0 Å². The van der Waals surface area contributed by atoms with Crippen LogP contribution in [0.4, 0.5) is 13.2 Å². The van der Waals surface area contributed by atoms with Gasteiger partial charge in [0.2, 0.25) is 0 Å². The molecule has 25 heavy (non-hydrogen) atoms. The van der Waals surface area contributed by atoms with Crippen molar-refractivity contribution in [2.24, 2.45) is 0 Å². The van der Waals surface area contributed by atoms with Crippen LogP contribution in [0.5, 0.6) is 0 Å². The largest absolute Gasteiger partial charge is 0.416 e. The molecule has 3 aromatic rings. The Morgan fingerprint density at radius 1 is 1.08 bits per heavy atom. The van der Waals surface area contributed by atoms with Crippen molar-refractivity contribution in [3.8, 4) is 0 Å². The van der Waals surface area contributed by atoms with Crippen LogP contribution >= 0.6 is 0 Å². The number of fused-ring (bicyclic) bond motifs is 1. The number of likely N-dealkylation sites (N-methyl/N-ethyl adjacent to an activating group) is 1. The van der Waals surface area contributed by atoms with Crippen LogP contribution in [0.15, 0.2) is 54.7 Å². The first kappa shape index (κ1) is 17.2. The van der Waals surface area contributed by atoms with E-state index in [1.807, 2.05) is 24.3 Å². The predicted octanol–water partition coefficient (Wildman–Crippen LogP) is 4.50. The van der Waals surface area contributed by atoms with E-state index in [0.717, 1.165) is 17.0 Å². The number of nitrogens with one attached hydrogen (secondary N) is 1. The summed E-state index contributed by atoms with van der Waals surface area (Å²) in [6, 6.07) is 12.9. The van der Waals surface area contributed by atoms with Crippen molar-refractivity contribution < 1.29 is 18.0 Å². The molecule has 0 amide bonds. The molecule has 0 saturated heterocycles. The van der Waals surface area contributed by atoms with Gasteiger partial charge in [-0.25, -0.2) is 0 Å². The zero-order valence-corrected chi connectivity index (χ0v) is 13.6. The Morgan fingerprint density at radius 3 is 2.52 bits per heavy atom. The van der Waals surface area contributed by atoms with Crippen LogP contribution < -0.4 is 0 Å². The minimum absolute atomic E-state index is 0.0358. The highest BCUT2D eigenvalue weighted by Gasteiger charge is 2.33. The number of H-pyrrole nitrogens is 1. The second-order valence-corrected chi connectivity index (χ2v) is 6.00. The Labute approximate surface area is 143 Å². The third kappa shape index (κ3) is 3.74. The Hall–Kier alpha value is -2.60. The first-order valence-electron chi connectivity index (χ1n) is 7.79. The molecule has 1 heterocycles. The number of para-hydroxylation sites is 1. The summed E-state index contributed by atoms with van der Waals surface area (Å²) >= 11 is 0. The van der Waals surface area contributed by atoms with Gasteiger partial charge in [0.15, 0.2) is 5.78 Å². The zero-order valence-electron chi connectivity index (χ0n) is 13.6. The smallest absolute Gasteiger partial charge is 0.360 e. The van der Waals surface area contributed by atoms with Crippen LogP contribution in [0.1, 0.15) is 21.5 Å². The molecule has 2 aromatic carbocycles. The summed E-state index contributed by atoms with van der Waals surface area (Å²) in [5.74, 6) is -0.135. The van der Waals surface area contributed by atoms with Gasteiger partial charge < -0.3 is 4.98 Å². The van der Waals surface area contributed by atoms with Crippen LogP contribution in [0.2, 0.25) is 0 Å². The maximum atomic E-state index is 13.1. The molecule has 0 saturated carbocycles. The quantitative estimate of drug-likeness (QED) is 0.691.